The average Bonchev–Trinajstić information content (AvgIpc) is 2.83. The lowest BCUT2D eigenvalue weighted by Crippen LogP contribution is -2.17. The van der Waals surface area contributed by atoms with Crippen LogP contribution in [0.25, 0.3) is 11.3 Å². The summed E-state index contributed by atoms with van der Waals surface area (Å²) in [7, 11) is 0. The molecular formula is C11H13N3O2. The summed E-state index contributed by atoms with van der Waals surface area (Å²) >= 11 is 0. The number of aliphatic hydroxyl groups excluding tert-OH is 1. The summed E-state index contributed by atoms with van der Waals surface area (Å²) < 4.78 is 5.28. The van der Waals surface area contributed by atoms with E-state index in [9.17, 15) is 5.11 Å². The van der Waals surface area contributed by atoms with Crippen LogP contribution >= 0.6 is 0 Å². The summed E-state index contributed by atoms with van der Waals surface area (Å²) in [5.74, 6) is 0.814. The van der Waals surface area contributed by atoms with Gasteiger partial charge in [-0.25, -0.2) is 0 Å². The number of nitrogens with one attached hydrogen (secondary N) is 1. The van der Waals surface area contributed by atoms with Gasteiger partial charge in [0.1, 0.15) is 11.5 Å². The van der Waals surface area contributed by atoms with Crippen molar-refractivity contribution in [2.45, 2.75) is 32.3 Å². The molecule has 2 N–H and O–H groups in total. The van der Waals surface area contributed by atoms with Crippen LogP contribution in [0.15, 0.2) is 10.7 Å². The normalized spacial score (nSPS) is 19.8. The summed E-state index contributed by atoms with van der Waals surface area (Å²) in [5, 5.41) is 20.5. The van der Waals surface area contributed by atoms with E-state index in [-0.39, 0.29) is 6.10 Å². The van der Waals surface area contributed by atoms with Crippen molar-refractivity contribution in [3.63, 3.8) is 0 Å². The topological polar surface area (TPSA) is 74.9 Å². The van der Waals surface area contributed by atoms with Crippen LogP contribution in [-0.4, -0.2) is 26.6 Å². The smallest absolute Gasteiger partial charge is 0.143 e. The minimum Gasteiger partial charge on any atom is -0.393 e. The van der Waals surface area contributed by atoms with Crippen molar-refractivity contribution in [2.24, 2.45) is 0 Å². The van der Waals surface area contributed by atoms with Gasteiger partial charge in [0.25, 0.3) is 0 Å². The van der Waals surface area contributed by atoms with Crippen LogP contribution in [0.3, 0.4) is 0 Å². The zero-order chi connectivity index (χ0) is 11.1. The molecule has 0 bridgehead atoms. The first-order valence-electron chi connectivity index (χ1n) is 5.41. The third-order valence-corrected chi connectivity index (χ3v) is 3.10. The Morgan fingerprint density at radius 1 is 1.56 bits per heavy atom. The van der Waals surface area contributed by atoms with E-state index in [0.29, 0.717) is 6.42 Å². The van der Waals surface area contributed by atoms with Gasteiger partial charge in [0.05, 0.1) is 12.3 Å². The molecule has 1 aliphatic rings. The molecule has 1 aliphatic carbocycles. The van der Waals surface area contributed by atoms with Gasteiger partial charge in [0, 0.05) is 23.2 Å². The molecule has 2 aromatic rings. The zero-order valence-corrected chi connectivity index (χ0v) is 9.03. The first kappa shape index (κ1) is 9.59. The molecule has 2 heterocycles. The lowest BCUT2D eigenvalue weighted by Gasteiger charge is -2.15. The number of aliphatic hydroxyl groups is 1. The highest BCUT2D eigenvalue weighted by atomic mass is 16.5. The Bertz CT molecular complexity index is 515. The monoisotopic (exact) mass is 219 g/mol. The minimum absolute atomic E-state index is 0.293. The average molecular weight is 219 g/mol. The van der Waals surface area contributed by atoms with Crippen LogP contribution in [0.1, 0.15) is 23.4 Å². The minimum atomic E-state index is -0.293. The number of aromatic amines is 1. The van der Waals surface area contributed by atoms with Crippen molar-refractivity contribution in [1.29, 1.82) is 0 Å². The van der Waals surface area contributed by atoms with E-state index in [1.807, 2.05) is 6.92 Å². The zero-order valence-electron chi connectivity index (χ0n) is 9.03. The molecular weight excluding hydrogens is 206 g/mol. The summed E-state index contributed by atoms with van der Waals surface area (Å²) in [6.45, 7) is 1.96. The molecule has 0 aromatic carbocycles. The molecule has 3 rings (SSSR count). The van der Waals surface area contributed by atoms with Gasteiger partial charge in [0.2, 0.25) is 0 Å². The second-order valence-electron chi connectivity index (χ2n) is 4.24. The summed E-state index contributed by atoms with van der Waals surface area (Å²) in [6, 6.07) is 0. The third-order valence-electron chi connectivity index (χ3n) is 3.10. The number of fused-ring (bicyclic) bond motifs is 1. The highest BCUT2D eigenvalue weighted by molar-refractivity contribution is 5.65. The van der Waals surface area contributed by atoms with E-state index in [0.717, 1.165) is 41.1 Å². The molecule has 5 nitrogen and oxygen atoms in total. The van der Waals surface area contributed by atoms with Gasteiger partial charge in [-0.3, -0.25) is 5.10 Å². The highest BCUT2D eigenvalue weighted by Gasteiger charge is 2.25. The van der Waals surface area contributed by atoms with Gasteiger partial charge in [0.15, 0.2) is 0 Å². The molecule has 1 atom stereocenters. The number of hydrogen-bond acceptors (Lipinski definition) is 4. The van der Waals surface area contributed by atoms with E-state index in [2.05, 4.69) is 15.4 Å². The first-order valence-corrected chi connectivity index (χ1v) is 5.41. The maximum atomic E-state index is 9.54. The maximum Gasteiger partial charge on any atom is 0.143 e. The van der Waals surface area contributed by atoms with E-state index in [1.54, 1.807) is 6.20 Å². The molecule has 0 saturated heterocycles. The van der Waals surface area contributed by atoms with Crippen molar-refractivity contribution in [1.82, 2.24) is 15.4 Å². The molecule has 0 radical (unpaired) electrons. The van der Waals surface area contributed by atoms with Crippen molar-refractivity contribution >= 4 is 0 Å². The molecule has 16 heavy (non-hydrogen) atoms. The summed E-state index contributed by atoms with van der Waals surface area (Å²) in [5.41, 5.74) is 3.96. The Morgan fingerprint density at radius 2 is 2.44 bits per heavy atom. The standard InChI is InChI=1S/C11H13N3O2/c1-6-9(5-12-13-6)11-8-3-2-7(15)4-10(8)16-14-11/h5,7,15H,2-4H2,1H3,(H,12,13). The number of hydrogen-bond donors (Lipinski definition) is 2. The molecule has 0 aliphatic heterocycles. The van der Waals surface area contributed by atoms with E-state index in [4.69, 9.17) is 4.52 Å². The van der Waals surface area contributed by atoms with E-state index < -0.39 is 0 Å². The quantitative estimate of drug-likeness (QED) is 0.756. The molecule has 0 saturated carbocycles. The number of aryl methyl sites for hydroxylation is 1. The van der Waals surface area contributed by atoms with Gasteiger partial charge < -0.3 is 9.63 Å². The second kappa shape index (κ2) is 3.45. The summed E-state index contributed by atoms with van der Waals surface area (Å²) in [4.78, 5) is 0. The summed E-state index contributed by atoms with van der Waals surface area (Å²) in [6.07, 6.45) is 3.63. The number of aromatic nitrogens is 3. The maximum absolute atomic E-state index is 9.54. The Kier molecular flexibility index (Phi) is 2.07. The van der Waals surface area contributed by atoms with Crippen molar-refractivity contribution in [2.75, 3.05) is 0 Å². The lowest BCUT2D eigenvalue weighted by molar-refractivity contribution is 0.146. The highest BCUT2D eigenvalue weighted by Crippen LogP contribution is 2.31. The third kappa shape index (κ3) is 1.36. The van der Waals surface area contributed by atoms with Crippen LogP contribution in [-0.2, 0) is 12.8 Å². The van der Waals surface area contributed by atoms with Gasteiger partial charge in [-0.1, -0.05) is 5.16 Å². The fourth-order valence-electron chi connectivity index (χ4n) is 2.19. The van der Waals surface area contributed by atoms with Crippen molar-refractivity contribution in [3.8, 4) is 11.3 Å². The predicted octanol–water partition coefficient (Wildman–Crippen LogP) is 1.22. The number of nitrogens with zero attached hydrogens (tertiary/aromatic N) is 2. The molecule has 1 unspecified atom stereocenters. The van der Waals surface area contributed by atoms with Gasteiger partial charge in [-0.15, -0.1) is 0 Å². The Morgan fingerprint density at radius 3 is 3.19 bits per heavy atom. The van der Waals surface area contributed by atoms with Crippen LogP contribution in [0.4, 0.5) is 0 Å². The molecule has 0 fully saturated rings. The number of rotatable bonds is 1. The Hall–Kier alpha value is -1.62. The number of H-pyrrole nitrogens is 1. The van der Waals surface area contributed by atoms with Gasteiger partial charge >= 0.3 is 0 Å². The van der Waals surface area contributed by atoms with Crippen LogP contribution in [0.2, 0.25) is 0 Å². The molecule has 0 spiro atoms. The first-order chi connectivity index (χ1) is 7.75. The fourth-order valence-corrected chi connectivity index (χ4v) is 2.19. The molecule has 5 heteroatoms. The van der Waals surface area contributed by atoms with Crippen LogP contribution in [0, 0.1) is 6.92 Å². The Balaban J connectivity index is 2.07. The van der Waals surface area contributed by atoms with Crippen LogP contribution in [0.5, 0.6) is 0 Å². The Labute approximate surface area is 92.5 Å². The molecule has 84 valence electrons. The second-order valence-corrected chi connectivity index (χ2v) is 4.24. The van der Waals surface area contributed by atoms with E-state index >= 15 is 0 Å². The predicted molar refractivity (Wildman–Crippen MR) is 56.9 cm³/mol. The lowest BCUT2D eigenvalue weighted by atomic mass is 9.92. The van der Waals surface area contributed by atoms with Gasteiger partial charge in [-0.05, 0) is 19.8 Å². The van der Waals surface area contributed by atoms with Crippen LogP contribution < -0.4 is 0 Å². The van der Waals surface area contributed by atoms with Crippen molar-refractivity contribution < 1.29 is 9.63 Å². The van der Waals surface area contributed by atoms with Crippen molar-refractivity contribution in [3.05, 3.63) is 23.2 Å². The fraction of sp³-hybridized carbons (Fsp3) is 0.455. The SMILES string of the molecule is Cc1[nH]ncc1-c1noc2c1CCC(O)C2. The molecule has 2 aromatic heterocycles. The largest absolute Gasteiger partial charge is 0.393 e. The molecule has 0 amide bonds. The van der Waals surface area contributed by atoms with E-state index in [1.165, 1.54) is 0 Å². The van der Waals surface area contributed by atoms with Gasteiger partial charge in [-0.2, -0.15) is 5.10 Å².